The van der Waals surface area contributed by atoms with Crippen molar-refractivity contribution in [3.63, 3.8) is 0 Å². The molecule has 1 aromatic rings. The lowest BCUT2D eigenvalue weighted by molar-refractivity contribution is 0.00578. The van der Waals surface area contributed by atoms with Crippen LogP contribution in [0.25, 0.3) is 0 Å². The molecule has 0 radical (unpaired) electrons. The molecule has 1 aromatic carbocycles. The van der Waals surface area contributed by atoms with E-state index in [0.29, 0.717) is 4.90 Å². The van der Waals surface area contributed by atoms with Crippen molar-refractivity contribution in [2.45, 2.75) is 50.7 Å². The molecule has 0 aromatic heterocycles. The Balaban J connectivity index is 2.44. The van der Waals surface area contributed by atoms with Crippen LogP contribution >= 0.6 is 0 Å². The fourth-order valence-corrected chi connectivity index (χ4v) is 2.86. The van der Waals surface area contributed by atoms with E-state index in [4.69, 9.17) is 9.31 Å². The molecule has 0 amide bonds. The summed E-state index contributed by atoms with van der Waals surface area (Å²) in [4.78, 5) is 0.294. The van der Waals surface area contributed by atoms with E-state index in [2.05, 4.69) is 0 Å². The maximum Gasteiger partial charge on any atom is 0.494 e. The van der Waals surface area contributed by atoms with Crippen LogP contribution in [-0.4, -0.2) is 33.0 Å². The van der Waals surface area contributed by atoms with Crippen molar-refractivity contribution >= 4 is 22.4 Å². The van der Waals surface area contributed by atoms with Crippen molar-refractivity contribution in [2.24, 2.45) is 0 Å². The largest absolute Gasteiger partial charge is 0.494 e. The third-order valence-corrected chi connectivity index (χ3v) is 5.12. The van der Waals surface area contributed by atoms with Crippen LogP contribution in [0.1, 0.15) is 33.3 Å². The highest BCUT2D eigenvalue weighted by atomic mass is 32.2. The quantitative estimate of drug-likeness (QED) is 0.779. The van der Waals surface area contributed by atoms with Crippen LogP contribution in [0, 0.1) is 6.92 Å². The van der Waals surface area contributed by atoms with Gasteiger partial charge in [0.1, 0.15) is 0 Å². The zero-order chi connectivity index (χ0) is 15.3. The first kappa shape index (κ1) is 15.5. The zero-order valence-corrected chi connectivity index (χ0v) is 13.7. The van der Waals surface area contributed by atoms with Crippen molar-refractivity contribution in [1.82, 2.24) is 0 Å². The van der Waals surface area contributed by atoms with Gasteiger partial charge < -0.3 is 9.31 Å². The van der Waals surface area contributed by atoms with E-state index < -0.39 is 28.2 Å². The highest BCUT2D eigenvalue weighted by molar-refractivity contribution is 7.90. The van der Waals surface area contributed by atoms with Crippen LogP contribution in [0.2, 0.25) is 0 Å². The average molecular weight is 296 g/mol. The molecule has 0 atom stereocenters. The number of aryl methyl sites for hydroxylation is 1. The Labute approximate surface area is 121 Å². The molecular formula is C14H21BO4S. The Morgan fingerprint density at radius 1 is 1.00 bits per heavy atom. The van der Waals surface area contributed by atoms with Crippen molar-refractivity contribution in [1.29, 1.82) is 0 Å². The molecule has 1 saturated heterocycles. The van der Waals surface area contributed by atoms with E-state index in [1.165, 1.54) is 6.26 Å². The summed E-state index contributed by atoms with van der Waals surface area (Å²) in [5.41, 5.74) is 0.737. The van der Waals surface area contributed by atoms with E-state index in [1.54, 1.807) is 12.1 Å². The zero-order valence-electron chi connectivity index (χ0n) is 12.9. The summed E-state index contributed by atoms with van der Waals surface area (Å²) in [5, 5.41) is 0. The van der Waals surface area contributed by atoms with Gasteiger partial charge in [0, 0.05) is 6.26 Å². The third kappa shape index (κ3) is 2.78. The van der Waals surface area contributed by atoms with Crippen LogP contribution in [0.4, 0.5) is 0 Å². The van der Waals surface area contributed by atoms with E-state index in [1.807, 2.05) is 40.7 Å². The number of rotatable bonds is 2. The van der Waals surface area contributed by atoms with Gasteiger partial charge >= 0.3 is 7.12 Å². The molecule has 1 aliphatic heterocycles. The topological polar surface area (TPSA) is 52.6 Å². The first-order valence-electron chi connectivity index (χ1n) is 6.60. The van der Waals surface area contributed by atoms with Crippen LogP contribution in [0.5, 0.6) is 0 Å². The predicted molar refractivity (Wildman–Crippen MR) is 80.0 cm³/mol. The lowest BCUT2D eigenvalue weighted by atomic mass is 9.78. The van der Waals surface area contributed by atoms with Gasteiger partial charge in [-0.05, 0) is 52.2 Å². The van der Waals surface area contributed by atoms with Gasteiger partial charge in [0.15, 0.2) is 9.84 Å². The monoisotopic (exact) mass is 296 g/mol. The third-order valence-electron chi connectivity index (χ3n) is 4.03. The van der Waals surface area contributed by atoms with Crippen molar-refractivity contribution in [3.05, 3.63) is 23.8 Å². The summed E-state index contributed by atoms with van der Waals surface area (Å²) in [6.45, 7) is 9.75. The van der Waals surface area contributed by atoms with Crippen LogP contribution in [-0.2, 0) is 19.1 Å². The second-order valence-electron chi connectivity index (χ2n) is 6.44. The summed E-state index contributed by atoms with van der Waals surface area (Å²) < 4.78 is 35.4. The summed E-state index contributed by atoms with van der Waals surface area (Å²) >= 11 is 0. The summed E-state index contributed by atoms with van der Waals surface area (Å²) in [5.74, 6) is 0. The molecule has 6 heteroatoms. The Morgan fingerprint density at radius 2 is 1.50 bits per heavy atom. The molecule has 0 N–H and O–H groups in total. The van der Waals surface area contributed by atoms with Gasteiger partial charge in [-0.1, -0.05) is 11.6 Å². The molecule has 20 heavy (non-hydrogen) atoms. The van der Waals surface area contributed by atoms with Gasteiger partial charge in [0.05, 0.1) is 16.1 Å². The number of benzene rings is 1. The highest BCUT2D eigenvalue weighted by Crippen LogP contribution is 2.36. The molecule has 4 nitrogen and oxygen atoms in total. The Kier molecular flexibility index (Phi) is 3.56. The van der Waals surface area contributed by atoms with Crippen LogP contribution in [0.15, 0.2) is 23.1 Å². The molecule has 0 spiro atoms. The predicted octanol–water partition coefficient (Wildman–Crippen LogP) is 1.70. The Morgan fingerprint density at radius 3 is 1.95 bits per heavy atom. The number of sulfone groups is 1. The SMILES string of the molecule is Cc1cc(B2OC(C)(C)C(C)(C)O2)cc(S(C)(=O)=O)c1. The highest BCUT2D eigenvalue weighted by Gasteiger charge is 2.51. The normalized spacial score (nSPS) is 21.2. The van der Waals surface area contributed by atoms with Crippen LogP contribution in [0.3, 0.4) is 0 Å². The van der Waals surface area contributed by atoms with Gasteiger partial charge in [-0.3, -0.25) is 0 Å². The smallest absolute Gasteiger partial charge is 0.399 e. The molecular weight excluding hydrogens is 275 g/mol. The summed E-state index contributed by atoms with van der Waals surface area (Å²) in [7, 11) is -3.79. The fourth-order valence-electron chi connectivity index (χ4n) is 2.11. The lowest BCUT2D eigenvalue weighted by Crippen LogP contribution is -2.41. The minimum atomic E-state index is -3.25. The standard InChI is InChI=1S/C14H21BO4S/c1-10-7-11(9-12(8-10)20(6,16)17)15-18-13(2,3)14(4,5)19-15/h7-9H,1-6H3. The van der Waals surface area contributed by atoms with Gasteiger partial charge in [-0.25, -0.2) is 8.42 Å². The first-order chi connectivity index (χ1) is 8.92. The van der Waals surface area contributed by atoms with E-state index >= 15 is 0 Å². The molecule has 1 heterocycles. The van der Waals surface area contributed by atoms with E-state index in [0.717, 1.165) is 11.0 Å². The van der Waals surface area contributed by atoms with E-state index in [9.17, 15) is 8.42 Å². The van der Waals surface area contributed by atoms with Gasteiger partial charge in [0.25, 0.3) is 0 Å². The Bertz CT molecular complexity index is 619. The minimum Gasteiger partial charge on any atom is -0.399 e. The van der Waals surface area contributed by atoms with Gasteiger partial charge in [-0.15, -0.1) is 0 Å². The molecule has 0 bridgehead atoms. The maximum absolute atomic E-state index is 11.7. The fraction of sp³-hybridized carbons (Fsp3) is 0.571. The molecule has 2 rings (SSSR count). The molecule has 1 aliphatic rings. The second-order valence-corrected chi connectivity index (χ2v) is 8.46. The first-order valence-corrected chi connectivity index (χ1v) is 8.49. The minimum absolute atomic E-state index is 0.294. The molecule has 110 valence electrons. The van der Waals surface area contributed by atoms with E-state index in [-0.39, 0.29) is 0 Å². The van der Waals surface area contributed by atoms with Crippen molar-refractivity contribution in [3.8, 4) is 0 Å². The Hall–Kier alpha value is -0.845. The summed E-state index contributed by atoms with van der Waals surface area (Å²) in [6, 6.07) is 5.19. The lowest BCUT2D eigenvalue weighted by Gasteiger charge is -2.32. The molecule has 1 fully saturated rings. The van der Waals surface area contributed by atoms with Gasteiger partial charge in [0.2, 0.25) is 0 Å². The molecule has 0 unspecified atom stereocenters. The van der Waals surface area contributed by atoms with Gasteiger partial charge in [-0.2, -0.15) is 0 Å². The summed E-state index contributed by atoms with van der Waals surface area (Å²) in [6.07, 6.45) is 1.20. The number of hydrogen-bond donors (Lipinski definition) is 0. The van der Waals surface area contributed by atoms with Crippen LogP contribution < -0.4 is 5.46 Å². The van der Waals surface area contributed by atoms with Crippen molar-refractivity contribution < 1.29 is 17.7 Å². The maximum atomic E-state index is 11.7. The molecule has 0 aliphatic carbocycles. The average Bonchev–Trinajstić information content (AvgIpc) is 2.46. The second kappa shape index (κ2) is 4.58. The van der Waals surface area contributed by atoms with Crippen molar-refractivity contribution in [2.75, 3.05) is 6.26 Å². The number of hydrogen-bond acceptors (Lipinski definition) is 4. The molecule has 0 saturated carbocycles.